The molecule has 118 valence electrons. The summed E-state index contributed by atoms with van der Waals surface area (Å²) in [5.74, 6) is -0.568. The summed E-state index contributed by atoms with van der Waals surface area (Å²) in [6.07, 6.45) is 0. The molecule has 0 amide bonds. The second-order valence-electron chi connectivity index (χ2n) is 4.70. The van der Waals surface area contributed by atoms with Crippen molar-refractivity contribution in [3.63, 3.8) is 0 Å². The van der Waals surface area contributed by atoms with Gasteiger partial charge in [0.15, 0.2) is 0 Å². The fraction of sp³-hybridized carbons (Fsp3) is 0.500. The smallest absolute Gasteiger partial charge is 0.321 e. The van der Waals surface area contributed by atoms with Crippen LogP contribution in [0, 0.1) is 13.8 Å². The average molecular weight is 314 g/mol. The van der Waals surface area contributed by atoms with E-state index in [2.05, 4.69) is 0 Å². The predicted molar refractivity (Wildman–Crippen MR) is 81.4 cm³/mol. The minimum Gasteiger partial charge on any atom is -0.465 e. The maximum Gasteiger partial charge on any atom is 0.321 e. The van der Waals surface area contributed by atoms with Gasteiger partial charge in [-0.3, -0.25) is 4.79 Å². The number of hydrogen-bond acceptors (Lipinski definition) is 5. The minimum absolute atomic E-state index is 0.131. The monoisotopic (exact) mass is 314 g/mol. The number of sulfonamides is 1. The molecule has 0 aliphatic rings. The third kappa shape index (κ3) is 3.95. The molecule has 0 unspecified atom stereocenters. The van der Waals surface area contributed by atoms with E-state index in [9.17, 15) is 13.2 Å². The Kier molecular flexibility index (Phi) is 5.74. The maximum atomic E-state index is 12.7. The lowest BCUT2D eigenvalue weighted by Crippen LogP contribution is -2.36. The number of ether oxygens (including phenoxy) is 1. The molecule has 1 rings (SSSR count). The van der Waals surface area contributed by atoms with Crippen molar-refractivity contribution >= 4 is 21.7 Å². The van der Waals surface area contributed by atoms with Gasteiger partial charge in [-0.25, -0.2) is 8.42 Å². The van der Waals surface area contributed by atoms with Crippen LogP contribution in [0.4, 0.5) is 5.69 Å². The van der Waals surface area contributed by atoms with Gasteiger partial charge in [-0.1, -0.05) is 6.92 Å². The molecule has 0 radical (unpaired) electrons. The summed E-state index contributed by atoms with van der Waals surface area (Å²) in [5, 5.41) is 0. The standard InChI is InChI=1S/C14H22N2O4S/c1-5-16(9-14(17)20-6-2)21(18,19)13-8-12(15)7-10(3)11(13)4/h7-8H,5-6,9,15H2,1-4H3. The molecule has 0 saturated heterocycles. The number of aryl methyl sites for hydroxylation is 1. The number of rotatable bonds is 6. The quantitative estimate of drug-likeness (QED) is 0.634. The highest BCUT2D eigenvalue weighted by Crippen LogP contribution is 2.25. The zero-order valence-electron chi connectivity index (χ0n) is 12.8. The fourth-order valence-corrected chi connectivity index (χ4v) is 3.70. The SMILES string of the molecule is CCOC(=O)CN(CC)S(=O)(=O)c1cc(N)cc(C)c1C. The van der Waals surface area contributed by atoms with Crippen LogP contribution in [0.2, 0.25) is 0 Å². The van der Waals surface area contributed by atoms with Crippen LogP contribution in [-0.2, 0) is 19.6 Å². The number of benzene rings is 1. The highest BCUT2D eigenvalue weighted by Gasteiger charge is 2.28. The van der Waals surface area contributed by atoms with Gasteiger partial charge in [0.1, 0.15) is 6.54 Å². The van der Waals surface area contributed by atoms with Crippen LogP contribution < -0.4 is 5.73 Å². The molecule has 1 aromatic carbocycles. The van der Waals surface area contributed by atoms with Crippen LogP contribution in [0.5, 0.6) is 0 Å². The normalized spacial score (nSPS) is 11.7. The summed E-state index contributed by atoms with van der Waals surface area (Å²) < 4.78 is 31.3. The van der Waals surface area contributed by atoms with Crippen LogP contribution in [0.25, 0.3) is 0 Å². The van der Waals surface area contributed by atoms with Crippen molar-refractivity contribution in [2.24, 2.45) is 0 Å². The Labute approximate surface area is 125 Å². The summed E-state index contributed by atoms with van der Waals surface area (Å²) in [4.78, 5) is 11.7. The molecule has 0 spiro atoms. The van der Waals surface area contributed by atoms with Crippen molar-refractivity contribution in [1.82, 2.24) is 4.31 Å². The Hall–Kier alpha value is -1.60. The van der Waals surface area contributed by atoms with E-state index >= 15 is 0 Å². The molecule has 0 aliphatic carbocycles. The number of carbonyl (C=O) groups is 1. The minimum atomic E-state index is -3.79. The molecular weight excluding hydrogens is 292 g/mol. The van der Waals surface area contributed by atoms with Gasteiger partial charge >= 0.3 is 5.97 Å². The first-order valence-electron chi connectivity index (χ1n) is 6.76. The second-order valence-corrected chi connectivity index (χ2v) is 6.60. The molecule has 0 atom stereocenters. The Morgan fingerprint density at radius 3 is 2.43 bits per heavy atom. The van der Waals surface area contributed by atoms with Crippen LogP contribution in [0.15, 0.2) is 17.0 Å². The molecule has 1 aromatic rings. The van der Waals surface area contributed by atoms with Crippen molar-refractivity contribution in [3.8, 4) is 0 Å². The van der Waals surface area contributed by atoms with Crippen molar-refractivity contribution in [2.45, 2.75) is 32.6 Å². The van der Waals surface area contributed by atoms with E-state index in [0.29, 0.717) is 11.3 Å². The van der Waals surface area contributed by atoms with Gasteiger partial charge in [0.05, 0.1) is 11.5 Å². The second kappa shape index (κ2) is 6.91. The number of likely N-dealkylation sites (N-methyl/N-ethyl adjacent to an activating group) is 1. The lowest BCUT2D eigenvalue weighted by molar-refractivity contribution is -0.143. The molecule has 0 fully saturated rings. The number of nitrogens with zero attached hydrogens (tertiary/aromatic N) is 1. The zero-order valence-corrected chi connectivity index (χ0v) is 13.7. The Morgan fingerprint density at radius 2 is 1.90 bits per heavy atom. The third-order valence-corrected chi connectivity index (χ3v) is 5.27. The summed E-state index contributed by atoms with van der Waals surface area (Å²) in [6.45, 7) is 6.95. The average Bonchev–Trinajstić information content (AvgIpc) is 2.40. The van der Waals surface area contributed by atoms with Crippen LogP contribution in [-0.4, -0.2) is 38.4 Å². The molecule has 0 bridgehead atoms. The molecule has 21 heavy (non-hydrogen) atoms. The van der Waals surface area contributed by atoms with Gasteiger partial charge in [0.2, 0.25) is 10.0 Å². The molecule has 0 heterocycles. The summed E-state index contributed by atoms with van der Waals surface area (Å²) in [7, 11) is -3.79. The maximum absolute atomic E-state index is 12.7. The number of nitrogen functional groups attached to an aromatic ring is 1. The Bertz CT molecular complexity index is 626. The topological polar surface area (TPSA) is 89.7 Å². The van der Waals surface area contributed by atoms with Crippen molar-refractivity contribution in [3.05, 3.63) is 23.3 Å². The number of nitrogens with two attached hydrogens (primary N) is 1. The number of anilines is 1. The van der Waals surface area contributed by atoms with Gasteiger partial charge in [0.25, 0.3) is 0 Å². The van der Waals surface area contributed by atoms with Gasteiger partial charge in [-0.05, 0) is 44.0 Å². The van der Waals surface area contributed by atoms with Crippen molar-refractivity contribution in [1.29, 1.82) is 0 Å². The highest BCUT2D eigenvalue weighted by atomic mass is 32.2. The predicted octanol–water partition coefficient (Wildman–Crippen LogP) is 1.46. The van der Waals surface area contributed by atoms with Crippen LogP contribution in [0.1, 0.15) is 25.0 Å². The van der Waals surface area contributed by atoms with E-state index < -0.39 is 16.0 Å². The fourth-order valence-electron chi connectivity index (χ4n) is 1.98. The number of hydrogen-bond donors (Lipinski definition) is 1. The largest absolute Gasteiger partial charge is 0.465 e. The third-order valence-electron chi connectivity index (χ3n) is 3.22. The summed E-state index contributed by atoms with van der Waals surface area (Å²) in [6, 6.07) is 3.14. The van der Waals surface area contributed by atoms with Crippen molar-refractivity contribution in [2.75, 3.05) is 25.4 Å². The molecule has 7 heteroatoms. The highest BCUT2D eigenvalue weighted by molar-refractivity contribution is 7.89. The lowest BCUT2D eigenvalue weighted by atomic mass is 10.1. The first kappa shape index (κ1) is 17.5. The van der Waals surface area contributed by atoms with Gasteiger partial charge in [0, 0.05) is 12.2 Å². The Balaban J connectivity index is 3.22. The summed E-state index contributed by atoms with van der Waals surface area (Å²) >= 11 is 0. The zero-order chi connectivity index (χ0) is 16.2. The van der Waals surface area contributed by atoms with Crippen LogP contribution in [0.3, 0.4) is 0 Å². The van der Waals surface area contributed by atoms with E-state index in [1.165, 1.54) is 6.07 Å². The molecule has 0 saturated carbocycles. The molecule has 0 aromatic heterocycles. The van der Waals surface area contributed by atoms with E-state index in [0.717, 1.165) is 9.87 Å². The first-order chi connectivity index (χ1) is 9.73. The van der Waals surface area contributed by atoms with E-state index in [-0.39, 0.29) is 24.6 Å². The van der Waals surface area contributed by atoms with Gasteiger partial charge in [-0.15, -0.1) is 0 Å². The van der Waals surface area contributed by atoms with Gasteiger partial charge < -0.3 is 10.5 Å². The number of esters is 1. The molecular formula is C14H22N2O4S. The first-order valence-corrected chi connectivity index (χ1v) is 8.20. The van der Waals surface area contributed by atoms with E-state index in [1.807, 2.05) is 0 Å². The van der Waals surface area contributed by atoms with Gasteiger partial charge in [-0.2, -0.15) is 4.31 Å². The number of carbonyl (C=O) groups excluding carboxylic acids is 1. The Morgan fingerprint density at radius 1 is 1.29 bits per heavy atom. The molecule has 2 N–H and O–H groups in total. The molecule has 0 aliphatic heterocycles. The molecule has 6 nitrogen and oxygen atoms in total. The van der Waals surface area contributed by atoms with Crippen molar-refractivity contribution < 1.29 is 17.9 Å². The summed E-state index contributed by atoms with van der Waals surface area (Å²) in [5.41, 5.74) is 7.54. The lowest BCUT2D eigenvalue weighted by Gasteiger charge is -2.21. The van der Waals surface area contributed by atoms with Crippen LogP contribution >= 0.6 is 0 Å². The van der Waals surface area contributed by atoms with E-state index in [4.69, 9.17) is 10.5 Å². The van der Waals surface area contributed by atoms with E-state index in [1.54, 1.807) is 33.8 Å².